The second-order valence-electron chi connectivity index (χ2n) is 5.13. The van der Waals surface area contributed by atoms with E-state index in [2.05, 4.69) is 0 Å². The Bertz CT molecular complexity index is 787. The molecule has 0 N–H and O–H groups in total. The lowest BCUT2D eigenvalue weighted by molar-refractivity contribution is -0.141. The average Bonchev–Trinajstić information content (AvgIpc) is 2.70. The number of carbonyl (C=O) groups is 2. The molecule has 3 rings (SSSR count). The SMILES string of the molecule is CCOC(=O)CN1C(=O)c2ccc(OC)cc2Oc2ccccc21. The van der Waals surface area contributed by atoms with Gasteiger partial charge in [0.25, 0.3) is 5.91 Å². The van der Waals surface area contributed by atoms with Crippen molar-refractivity contribution in [2.24, 2.45) is 0 Å². The first-order valence-electron chi connectivity index (χ1n) is 7.56. The molecule has 0 unspecified atom stereocenters. The van der Waals surface area contributed by atoms with Gasteiger partial charge in [-0.25, -0.2) is 0 Å². The summed E-state index contributed by atoms with van der Waals surface area (Å²) in [5.41, 5.74) is 0.877. The van der Waals surface area contributed by atoms with E-state index in [9.17, 15) is 9.59 Å². The number of rotatable bonds is 4. The van der Waals surface area contributed by atoms with Crippen LogP contribution in [0.3, 0.4) is 0 Å². The zero-order chi connectivity index (χ0) is 17.1. The fourth-order valence-electron chi connectivity index (χ4n) is 2.52. The fourth-order valence-corrected chi connectivity index (χ4v) is 2.52. The number of para-hydroxylation sites is 2. The van der Waals surface area contributed by atoms with Crippen LogP contribution in [0.25, 0.3) is 0 Å². The molecule has 0 aliphatic carbocycles. The van der Waals surface area contributed by atoms with Crippen molar-refractivity contribution >= 4 is 17.6 Å². The van der Waals surface area contributed by atoms with E-state index in [-0.39, 0.29) is 19.1 Å². The molecule has 0 saturated heterocycles. The average molecular weight is 327 g/mol. The smallest absolute Gasteiger partial charge is 0.326 e. The van der Waals surface area contributed by atoms with Gasteiger partial charge < -0.3 is 14.2 Å². The van der Waals surface area contributed by atoms with Crippen molar-refractivity contribution in [3.8, 4) is 17.2 Å². The third-order valence-corrected chi connectivity index (χ3v) is 3.63. The van der Waals surface area contributed by atoms with Crippen LogP contribution in [0.15, 0.2) is 42.5 Å². The quantitative estimate of drug-likeness (QED) is 0.808. The molecule has 0 atom stereocenters. The van der Waals surface area contributed by atoms with Crippen LogP contribution in [-0.2, 0) is 9.53 Å². The van der Waals surface area contributed by atoms with Crippen LogP contribution in [0.2, 0.25) is 0 Å². The van der Waals surface area contributed by atoms with Crippen molar-refractivity contribution in [2.75, 3.05) is 25.2 Å². The predicted octanol–water partition coefficient (Wildman–Crippen LogP) is 3.01. The predicted molar refractivity (Wildman–Crippen MR) is 87.8 cm³/mol. The van der Waals surface area contributed by atoms with E-state index in [0.717, 1.165) is 0 Å². The molecule has 1 heterocycles. The van der Waals surface area contributed by atoms with Crippen LogP contribution in [0, 0.1) is 0 Å². The summed E-state index contributed by atoms with van der Waals surface area (Å²) in [6.45, 7) is 1.80. The number of anilines is 1. The first kappa shape index (κ1) is 15.9. The molecule has 0 aromatic heterocycles. The molecule has 0 saturated carbocycles. The number of amides is 1. The lowest BCUT2D eigenvalue weighted by Gasteiger charge is -2.20. The van der Waals surface area contributed by atoms with Crippen molar-refractivity contribution < 1.29 is 23.8 Å². The van der Waals surface area contributed by atoms with Crippen molar-refractivity contribution in [3.63, 3.8) is 0 Å². The summed E-state index contributed by atoms with van der Waals surface area (Å²) in [7, 11) is 1.54. The third kappa shape index (κ3) is 2.90. The summed E-state index contributed by atoms with van der Waals surface area (Å²) in [6, 6.07) is 12.0. The summed E-state index contributed by atoms with van der Waals surface area (Å²) in [4.78, 5) is 26.2. The summed E-state index contributed by atoms with van der Waals surface area (Å²) in [6.07, 6.45) is 0. The first-order valence-corrected chi connectivity index (χ1v) is 7.56. The highest BCUT2D eigenvalue weighted by atomic mass is 16.5. The van der Waals surface area contributed by atoms with Gasteiger partial charge in [-0.2, -0.15) is 0 Å². The summed E-state index contributed by atoms with van der Waals surface area (Å²) in [5, 5.41) is 0. The van der Waals surface area contributed by atoms with E-state index in [1.54, 1.807) is 56.5 Å². The van der Waals surface area contributed by atoms with Crippen molar-refractivity contribution in [2.45, 2.75) is 6.92 Å². The molecular formula is C18H17NO5. The molecule has 0 fully saturated rings. The fraction of sp³-hybridized carbons (Fsp3) is 0.222. The number of fused-ring (bicyclic) bond motifs is 2. The van der Waals surface area contributed by atoms with Crippen molar-refractivity contribution in [1.29, 1.82) is 0 Å². The topological polar surface area (TPSA) is 65.1 Å². The van der Waals surface area contributed by atoms with E-state index in [1.807, 2.05) is 0 Å². The van der Waals surface area contributed by atoms with Gasteiger partial charge in [0, 0.05) is 6.07 Å². The Labute approximate surface area is 139 Å². The Morgan fingerprint density at radius 3 is 2.71 bits per heavy atom. The van der Waals surface area contributed by atoms with E-state index >= 15 is 0 Å². The maximum Gasteiger partial charge on any atom is 0.326 e. The van der Waals surface area contributed by atoms with E-state index < -0.39 is 5.97 Å². The van der Waals surface area contributed by atoms with Crippen LogP contribution in [0.1, 0.15) is 17.3 Å². The molecule has 0 bridgehead atoms. The maximum atomic E-state index is 12.9. The van der Waals surface area contributed by atoms with E-state index in [4.69, 9.17) is 14.2 Å². The Balaban J connectivity index is 2.08. The largest absolute Gasteiger partial charge is 0.497 e. The summed E-state index contributed by atoms with van der Waals surface area (Å²) >= 11 is 0. The van der Waals surface area contributed by atoms with Crippen LogP contribution in [-0.4, -0.2) is 32.1 Å². The first-order chi connectivity index (χ1) is 11.6. The third-order valence-electron chi connectivity index (χ3n) is 3.63. The number of carbonyl (C=O) groups excluding carboxylic acids is 2. The Hall–Kier alpha value is -3.02. The number of nitrogens with zero attached hydrogens (tertiary/aromatic N) is 1. The zero-order valence-electron chi connectivity index (χ0n) is 13.4. The van der Waals surface area contributed by atoms with Crippen LogP contribution in [0.5, 0.6) is 17.2 Å². The molecule has 6 nitrogen and oxygen atoms in total. The molecular weight excluding hydrogens is 310 g/mol. The van der Waals surface area contributed by atoms with Crippen molar-refractivity contribution in [1.82, 2.24) is 0 Å². The minimum atomic E-state index is -0.474. The molecule has 124 valence electrons. The number of hydrogen-bond acceptors (Lipinski definition) is 5. The number of hydrogen-bond donors (Lipinski definition) is 0. The second-order valence-corrected chi connectivity index (χ2v) is 5.13. The number of ether oxygens (including phenoxy) is 3. The van der Waals surface area contributed by atoms with Crippen molar-refractivity contribution in [3.05, 3.63) is 48.0 Å². The van der Waals surface area contributed by atoms with E-state index in [1.165, 1.54) is 4.90 Å². The molecule has 2 aromatic carbocycles. The van der Waals surface area contributed by atoms with Crippen LogP contribution < -0.4 is 14.4 Å². The second kappa shape index (κ2) is 6.62. The molecule has 1 aliphatic heterocycles. The molecule has 6 heteroatoms. The van der Waals surface area contributed by atoms with E-state index in [0.29, 0.717) is 28.5 Å². The van der Waals surface area contributed by atoms with Gasteiger partial charge in [-0.1, -0.05) is 12.1 Å². The monoisotopic (exact) mass is 327 g/mol. The molecule has 1 aliphatic rings. The standard InChI is InChI=1S/C18H17NO5/c1-3-23-17(20)11-19-14-6-4-5-7-15(14)24-16-10-12(22-2)8-9-13(16)18(19)21/h4-10H,3,11H2,1-2H3. The molecule has 0 radical (unpaired) electrons. The van der Waals surface area contributed by atoms with Crippen LogP contribution in [0.4, 0.5) is 5.69 Å². The normalized spacial score (nSPS) is 12.6. The van der Waals surface area contributed by atoms with Gasteiger partial charge in [0.05, 0.1) is 25.0 Å². The van der Waals surface area contributed by atoms with Gasteiger partial charge in [0.15, 0.2) is 5.75 Å². The van der Waals surface area contributed by atoms with Crippen LogP contribution >= 0.6 is 0 Å². The highest BCUT2D eigenvalue weighted by Gasteiger charge is 2.30. The number of methoxy groups -OCH3 is 1. The van der Waals surface area contributed by atoms with Gasteiger partial charge in [0.1, 0.15) is 18.0 Å². The van der Waals surface area contributed by atoms with Gasteiger partial charge in [0.2, 0.25) is 0 Å². The lowest BCUT2D eigenvalue weighted by Crippen LogP contribution is -2.36. The van der Waals surface area contributed by atoms with Gasteiger partial charge >= 0.3 is 5.97 Å². The van der Waals surface area contributed by atoms with Gasteiger partial charge in [-0.05, 0) is 31.2 Å². The Morgan fingerprint density at radius 1 is 1.17 bits per heavy atom. The van der Waals surface area contributed by atoms with Gasteiger partial charge in [-0.3, -0.25) is 14.5 Å². The summed E-state index contributed by atoms with van der Waals surface area (Å²) < 4.78 is 16.1. The number of esters is 1. The lowest BCUT2D eigenvalue weighted by atomic mass is 10.1. The molecule has 0 spiro atoms. The Morgan fingerprint density at radius 2 is 1.96 bits per heavy atom. The zero-order valence-corrected chi connectivity index (χ0v) is 13.4. The molecule has 24 heavy (non-hydrogen) atoms. The number of benzene rings is 2. The van der Waals surface area contributed by atoms with Gasteiger partial charge in [-0.15, -0.1) is 0 Å². The molecule has 1 amide bonds. The minimum absolute atomic E-state index is 0.182. The molecule has 2 aromatic rings. The maximum absolute atomic E-state index is 12.9. The highest BCUT2D eigenvalue weighted by Crippen LogP contribution is 2.39. The highest BCUT2D eigenvalue weighted by molar-refractivity contribution is 6.11. The summed E-state index contributed by atoms with van der Waals surface area (Å²) in [5.74, 6) is 0.654. The Kier molecular flexibility index (Phi) is 4.37. The minimum Gasteiger partial charge on any atom is -0.497 e.